The summed E-state index contributed by atoms with van der Waals surface area (Å²) in [4.78, 5) is 43.5. The number of fused-ring (bicyclic) bond motifs is 1. The number of hydrogen-bond acceptors (Lipinski definition) is 7. The van der Waals surface area contributed by atoms with Gasteiger partial charge in [0, 0.05) is 31.2 Å². The van der Waals surface area contributed by atoms with Gasteiger partial charge in [0.25, 0.3) is 5.56 Å². The lowest BCUT2D eigenvalue weighted by molar-refractivity contribution is -0.119. The van der Waals surface area contributed by atoms with E-state index in [0.29, 0.717) is 48.1 Å². The molecule has 2 rings (SSSR count). The molecule has 2 N–H and O–H groups in total. The number of thioether (sulfide) groups is 1. The quantitative estimate of drug-likeness (QED) is 0.353. The molecule has 0 aromatic carbocycles. The van der Waals surface area contributed by atoms with Gasteiger partial charge in [-0.1, -0.05) is 11.8 Å². The lowest BCUT2D eigenvalue weighted by atomic mass is 10.2. The number of imide groups is 1. The van der Waals surface area contributed by atoms with E-state index in [1.54, 1.807) is 18.4 Å². The number of aryl methyl sites for hydroxylation is 2. The van der Waals surface area contributed by atoms with E-state index in [2.05, 4.69) is 15.6 Å². The minimum Gasteiger partial charge on any atom is -0.382 e. The lowest BCUT2D eigenvalue weighted by Crippen LogP contribution is -2.42. The maximum absolute atomic E-state index is 13.2. The molecular weight excluding hydrogens is 412 g/mol. The predicted molar refractivity (Wildman–Crippen MR) is 117 cm³/mol. The van der Waals surface area contributed by atoms with Crippen LogP contribution in [0.15, 0.2) is 9.95 Å². The molecule has 160 valence electrons. The first-order chi connectivity index (χ1) is 13.8. The summed E-state index contributed by atoms with van der Waals surface area (Å²) in [5, 5.41) is 5.34. The summed E-state index contributed by atoms with van der Waals surface area (Å²) in [6, 6.07) is -0.535. The van der Waals surface area contributed by atoms with E-state index in [1.807, 2.05) is 20.8 Å². The van der Waals surface area contributed by atoms with Crippen molar-refractivity contribution in [1.82, 2.24) is 20.2 Å². The summed E-state index contributed by atoms with van der Waals surface area (Å²) in [6.45, 7) is 11.3. The normalized spacial score (nSPS) is 12.2. The Bertz CT molecular complexity index is 938. The topological polar surface area (TPSA) is 102 Å². The molecule has 29 heavy (non-hydrogen) atoms. The third-order valence-corrected chi connectivity index (χ3v) is 6.55. The van der Waals surface area contributed by atoms with Crippen molar-refractivity contribution in [2.45, 2.75) is 58.0 Å². The largest absolute Gasteiger partial charge is 0.382 e. The molecule has 0 fully saturated rings. The molecular formula is C19H28N4O4S2. The van der Waals surface area contributed by atoms with Gasteiger partial charge in [-0.15, -0.1) is 11.3 Å². The van der Waals surface area contributed by atoms with E-state index >= 15 is 0 Å². The Balaban J connectivity index is 2.33. The highest BCUT2D eigenvalue weighted by Crippen LogP contribution is 2.29. The van der Waals surface area contributed by atoms with Crippen LogP contribution in [0.4, 0.5) is 4.79 Å². The Morgan fingerprint density at radius 3 is 2.69 bits per heavy atom. The first kappa shape index (κ1) is 23.4. The molecule has 2 aromatic heterocycles. The van der Waals surface area contributed by atoms with Crippen molar-refractivity contribution >= 4 is 45.3 Å². The van der Waals surface area contributed by atoms with Gasteiger partial charge in [0.2, 0.25) is 5.91 Å². The number of thiophene rings is 1. The smallest absolute Gasteiger partial charge is 0.321 e. The molecule has 0 radical (unpaired) electrons. The number of urea groups is 1. The summed E-state index contributed by atoms with van der Waals surface area (Å²) in [7, 11) is 0. The molecule has 0 aliphatic rings. The van der Waals surface area contributed by atoms with Gasteiger partial charge in [-0.25, -0.2) is 9.78 Å². The van der Waals surface area contributed by atoms with Crippen LogP contribution in [0.1, 0.15) is 37.6 Å². The standard InChI is InChI=1S/C19H28N4O4S2/c1-6-20-18(26)21-15(24)13(5)29-19-22-16-14(11(3)12(4)28-16)17(25)23(19)9-8-10-27-7-2/h13H,6-10H2,1-5H3,(H2,20,21,24,26)/t13-/m0/s1. The molecule has 0 aliphatic carbocycles. The number of nitrogens with one attached hydrogen (secondary N) is 2. The molecule has 0 unspecified atom stereocenters. The second-order valence-electron chi connectivity index (χ2n) is 6.47. The minimum absolute atomic E-state index is 0.104. The van der Waals surface area contributed by atoms with Crippen molar-refractivity contribution in [3.8, 4) is 0 Å². The summed E-state index contributed by atoms with van der Waals surface area (Å²) < 4.78 is 7.00. The van der Waals surface area contributed by atoms with Gasteiger partial charge in [0.15, 0.2) is 5.16 Å². The summed E-state index contributed by atoms with van der Waals surface area (Å²) in [5.41, 5.74) is 0.840. The van der Waals surface area contributed by atoms with Crippen molar-refractivity contribution in [1.29, 1.82) is 0 Å². The molecule has 0 saturated carbocycles. The van der Waals surface area contributed by atoms with Gasteiger partial charge in [0.1, 0.15) is 4.83 Å². The Hall–Kier alpha value is -1.91. The van der Waals surface area contributed by atoms with Crippen LogP contribution in [0.2, 0.25) is 0 Å². The Morgan fingerprint density at radius 2 is 2.03 bits per heavy atom. The fraction of sp³-hybridized carbons (Fsp3) is 0.579. The summed E-state index contributed by atoms with van der Waals surface area (Å²) in [6.07, 6.45) is 0.663. The van der Waals surface area contributed by atoms with E-state index in [1.165, 1.54) is 23.1 Å². The van der Waals surface area contributed by atoms with Crippen LogP contribution < -0.4 is 16.2 Å². The van der Waals surface area contributed by atoms with Crippen molar-refractivity contribution < 1.29 is 14.3 Å². The van der Waals surface area contributed by atoms with E-state index < -0.39 is 17.2 Å². The van der Waals surface area contributed by atoms with Crippen LogP contribution in [-0.2, 0) is 16.1 Å². The van der Waals surface area contributed by atoms with Crippen LogP contribution in [0.5, 0.6) is 0 Å². The minimum atomic E-state index is -0.595. The number of hydrogen-bond donors (Lipinski definition) is 2. The van der Waals surface area contributed by atoms with Gasteiger partial charge < -0.3 is 10.1 Å². The zero-order chi connectivity index (χ0) is 21.6. The van der Waals surface area contributed by atoms with Crippen molar-refractivity contribution in [2.75, 3.05) is 19.8 Å². The molecule has 0 saturated heterocycles. The Morgan fingerprint density at radius 1 is 1.31 bits per heavy atom. The van der Waals surface area contributed by atoms with Gasteiger partial charge >= 0.3 is 6.03 Å². The second kappa shape index (κ2) is 10.7. The first-order valence-electron chi connectivity index (χ1n) is 9.63. The molecule has 3 amide bonds. The zero-order valence-electron chi connectivity index (χ0n) is 17.5. The van der Waals surface area contributed by atoms with Crippen LogP contribution in [0.25, 0.3) is 10.2 Å². The number of ether oxygens (including phenoxy) is 1. The van der Waals surface area contributed by atoms with Gasteiger partial charge in [-0.05, 0) is 46.6 Å². The van der Waals surface area contributed by atoms with Crippen molar-refractivity contribution in [3.05, 3.63) is 20.8 Å². The monoisotopic (exact) mass is 440 g/mol. The Labute approximate surface area is 178 Å². The summed E-state index contributed by atoms with van der Waals surface area (Å²) >= 11 is 2.65. The average Bonchev–Trinajstić information content (AvgIpc) is 2.94. The highest BCUT2D eigenvalue weighted by Gasteiger charge is 2.22. The van der Waals surface area contributed by atoms with E-state index in [0.717, 1.165) is 10.4 Å². The van der Waals surface area contributed by atoms with E-state index in [-0.39, 0.29) is 5.56 Å². The van der Waals surface area contributed by atoms with Crippen LogP contribution in [0.3, 0.4) is 0 Å². The third-order valence-electron chi connectivity index (χ3n) is 4.35. The number of carbonyl (C=O) groups excluding carboxylic acids is 2. The van der Waals surface area contributed by atoms with Gasteiger partial charge in [0.05, 0.1) is 10.6 Å². The van der Waals surface area contributed by atoms with Crippen molar-refractivity contribution in [3.63, 3.8) is 0 Å². The van der Waals surface area contributed by atoms with E-state index in [4.69, 9.17) is 4.74 Å². The predicted octanol–water partition coefficient (Wildman–Crippen LogP) is 2.83. The zero-order valence-corrected chi connectivity index (χ0v) is 19.1. The maximum atomic E-state index is 13.2. The number of amides is 3. The molecule has 10 heteroatoms. The molecule has 2 aromatic rings. The maximum Gasteiger partial charge on any atom is 0.321 e. The number of nitrogens with zero attached hydrogens (tertiary/aromatic N) is 2. The molecule has 2 heterocycles. The fourth-order valence-corrected chi connectivity index (χ4v) is 4.70. The fourth-order valence-electron chi connectivity index (χ4n) is 2.69. The second-order valence-corrected chi connectivity index (χ2v) is 8.98. The average molecular weight is 441 g/mol. The SMILES string of the molecule is CCNC(=O)NC(=O)[C@H](C)Sc1nc2sc(C)c(C)c2c(=O)n1CCCOCC. The van der Waals surface area contributed by atoms with Crippen LogP contribution in [0, 0.1) is 13.8 Å². The highest BCUT2D eigenvalue weighted by molar-refractivity contribution is 8.00. The molecule has 1 atom stereocenters. The molecule has 0 bridgehead atoms. The highest BCUT2D eigenvalue weighted by atomic mass is 32.2. The number of rotatable bonds is 9. The molecule has 8 nitrogen and oxygen atoms in total. The van der Waals surface area contributed by atoms with Crippen molar-refractivity contribution in [2.24, 2.45) is 0 Å². The van der Waals surface area contributed by atoms with E-state index in [9.17, 15) is 14.4 Å². The summed E-state index contributed by atoms with van der Waals surface area (Å²) in [5.74, 6) is -0.435. The lowest BCUT2D eigenvalue weighted by Gasteiger charge is -2.15. The van der Waals surface area contributed by atoms with Gasteiger partial charge in [-0.2, -0.15) is 0 Å². The van der Waals surface area contributed by atoms with Crippen LogP contribution in [-0.4, -0.2) is 46.5 Å². The van der Waals surface area contributed by atoms with Gasteiger partial charge in [-0.3, -0.25) is 19.5 Å². The Kier molecular flexibility index (Phi) is 8.66. The molecule has 0 spiro atoms. The molecule has 0 aliphatic heterocycles. The third kappa shape index (κ3) is 5.80. The number of carbonyl (C=O) groups is 2. The number of aromatic nitrogens is 2. The first-order valence-corrected chi connectivity index (χ1v) is 11.3. The van der Waals surface area contributed by atoms with Crippen LogP contribution >= 0.6 is 23.1 Å².